The van der Waals surface area contributed by atoms with Crippen LogP contribution >= 0.6 is 0 Å². The van der Waals surface area contributed by atoms with E-state index in [9.17, 15) is 4.79 Å². The number of hydrogen-bond acceptors (Lipinski definition) is 1. The Balaban J connectivity index is 2.07. The molecule has 3 heteroatoms. The fraction of sp³-hybridized carbons (Fsp3) is 0.438. The molecule has 100 valence electrons. The molecule has 2 aromatic rings. The molecule has 1 aliphatic carbocycles. The van der Waals surface area contributed by atoms with E-state index in [2.05, 4.69) is 41.2 Å². The highest BCUT2D eigenvalue weighted by Crippen LogP contribution is 2.38. The van der Waals surface area contributed by atoms with Crippen LogP contribution in [0.2, 0.25) is 0 Å². The van der Waals surface area contributed by atoms with Gasteiger partial charge in [0.2, 0.25) is 5.91 Å². The zero-order valence-corrected chi connectivity index (χ0v) is 11.6. The molecule has 0 radical (unpaired) electrons. The second-order valence-electron chi connectivity index (χ2n) is 5.46. The summed E-state index contributed by atoms with van der Waals surface area (Å²) in [6, 6.07) is 8.59. The van der Waals surface area contributed by atoms with Crippen LogP contribution < -0.4 is 5.32 Å². The van der Waals surface area contributed by atoms with Crippen LogP contribution in [0.3, 0.4) is 0 Å². The van der Waals surface area contributed by atoms with Crippen LogP contribution in [-0.4, -0.2) is 17.0 Å². The van der Waals surface area contributed by atoms with Crippen LogP contribution in [0.1, 0.15) is 36.9 Å². The molecule has 1 aromatic carbocycles. The van der Waals surface area contributed by atoms with Gasteiger partial charge in [-0.05, 0) is 30.9 Å². The molecule has 0 saturated carbocycles. The quantitative estimate of drug-likeness (QED) is 0.880. The molecule has 3 nitrogen and oxygen atoms in total. The predicted octanol–water partition coefficient (Wildman–Crippen LogP) is 2.73. The summed E-state index contributed by atoms with van der Waals surface area (Å²) in [4.78, 5) is 11.2. The van der Waals surface area contributed by atoms with E-state index in [1.807, 2.05) is 0 Å². The van der Waals surface area contributed by atoms with Crippen LogP contribution in [0, 0.1) is 0 Å². The van der Waals surface area contributed by atoms with Crippen molar-refractivity contribution in [3.63, 3.8) is 0 Å². The molecule has 0 fully saturated rings. The number of aromatic nitrogens is 1. The molecule has 0 spiro atoms. The maximum absolute atomic E-state index is 11.2. The lowest BCUT2D eigenvalue weighted by molar-refractivity contribution is -0.119. The number of nitrogens with zero attached hydrogens (tertiary/aromatic N) is 1. The Morgan fingerprint density at radius 2 is 2.21 bits per heavy atom. The van der Waals surface area contributed by atoms with E-state index in [0.29, 0.717) is 5.92 Å². The lowest BCUT2D eigenvalue weighted by atomic mass is 9.85. The Morgan fingerprint density at radius 3 is 3.00 bits per heavy atom. The monoisotopic (exact) mass is 256 g/mol. The zero-order chi connectivity index (χ0) is 13.4. The molecule has 1 heterocycles. The van der Waals surface area contributed by atoms with E-state index >= 15 is 0 Å². The molecule has 1 N–H and O–H groups in total. The second-order valence-corrected chi connectivity index (χ2v) is 5.46. The van der Waals surface area contributed by atoms with Crippen molar-refractivity contribution in [3.05, 3.63) is 35.5 Å². The Bertz CT molecular complexity index is 627. The molecule has 1 atom stereocenters. The summed E-state index contributed by atoms with van der Waals surface area (Å²) in [5, 5.41) is 4.34. The number of amides is 1. The van der Waals surface area contributed by atoms with Crippen molar-refractivity contribution in [2.45, 2.75) is 32.1 Å². The first-order valence-electron chi connectivity index (χ1n) is 6.99. The summed E-state index contributed by atoms with van der Waals surface area (Å²) in [5.74, 6) is 0.520. The Labute approximate surface area is 113 Å². The van der Waals surface area contributed by atoms with E-state index in [1.165, 1.54) is 35.0 Å². The molecule has 0 saturated heterocycles. The van der Waals surface area contributed by atoms with Gasteiger partial charge in [0.05, 0.1) is 0 Å². The highest BCUT2D eigenvalue weighted by Gasteiger charge is 2.26. The fourth-order valence-electron chi connectivity index (χ4n) is 3.36. The summed E-state index contributed by atoms with van der Waals surface area (Å²) >= 11 is 0. The summed E-state index contributed by atoms with van der Waals surface area (Å²) < 4.78 is 2.32. The van der Waals surface area contributed by atoms with Crippen molar-refractivity contribution in [2.24, 2.45) is 7.05 Å². The van der Waals surface area contributed by atoms with Gasteiger partial charge in [-0.15, -0.1) is 0 Å². The van der Waals surface area contributed by atoms with Gasteiger partial charge < -0.3 is 9.88 Å². The molecule has 1 aliphatic rings. The molecule has 1 amide bonds. The van der Waals surface area contributed by atoms with Gasteiger partial charge in [0.1, 0.15) is 0 Å². The lowest BCUT2D eigenvalue weighted by Gasteiger charge is -2.24. The average molecular weight is 256 g/mol. The number of carbonyl (C=O) groups is 1. The highest BCUT2D eigenvalue weighted by molar-refractivity contribution is 5.86. The third-order valence-electron chi connectivity index (χ3n) is 4.24. The number of aryl methyl sites for hydroxylation is 1. The highest BCUT2D eigenvalue weighted by atomic mass is 16.1. The first kappa shape index (κ1) is 12.3. The molecule has 3 rings (SSSR count). The predicted molar refractivity (Wildman–Crippen MR) is 77.3 cm³/mol. The number of benzene rings is 1. The number of rotatable bonds is 2. The number of nitrogens with one attached hydrogen (secondary N) is 1. The molecule has 0 unspecified atom stereocenters. The van der Waals surface area contributed by atoms with Gasteiger partial charge in [-0.25, -0.2) is 0 Å². The van der Waals surface area contributed by atoms with Gasteiger partial charge in [0.25, 0.3) is 0 Å². The van der Waals surface area contributed by atoms with Crippen molar-refractivity contribution in [1.82, 2.24) is 9.88 Å². The van der Waals surface area contributed by atoms with E-state index in [-0.39, 0.29) is 5.91 Å². The minimum atomic E-state index is 0.0624. The SMILES string of the molecule is CC(=O)NC[C@H]1CCCc2c1c1ccccc1n2C. The first-order valence-corrected chi connectivity index (χ1v) is 6.99. The number of fused-ring (bicyclic) bond motifs is 3. The van der Waals surface area contributed by atoms with E-state index in [0.717, 1.165) is 13.0 Å². The molecular weight excluding hydrogens is 236 g/mol. The van der Waals surface area contributed by atoms with Crippen molar-refractivity contribution in [3.8, 4) is 0 Å². The Hall–Kier alpha value is -1.77. The Kier molecular flexibility index (Phi) is 3.05. The standard InChI is InChI=1S/C16H20N2O/c1-11(19)17-10-12-6-5-9-15-16(12)13-7-3-4-8-14(13)18(15)2/h3-4,7-8,12H,5-6,9-10H2,1-2H3,(H,17,19)/t12-/m1/s1. The smallest absolute Gasteiger partial charge is 0.216 e. The first-order chi connectivity index (χ1) is 9.18. The molecule has 0 aliphatic heterocycles. The second kappa shape index (κ2) is 4.72. The van der Waals surface area contributed by atoms with Crippen molar-refractivity contribution >= 4 is 16.8 Å². The van der Waals surface area contributed by atoms with Crippen LogP contribution in [0.4, 0.5) is 0 Å². The van der Waals surface area contributed by atoms with Gasteiger partial charge >= 0.3 is 0 Å². The molecule has 0 bridgehead atoms. The third-order valence-corrected chi connectivity index (χ3v) is 4.24. The van der Waals surface area contributed by atoms with Crippen molar-refractivity contribution < 1.29 is 4.79 Å². The maximum atomic E-state index is 11.2. The summed E-state index contributed by atoms with van der Waals surface area (Å²) in [7, 11) is 2.15. The van der Waals surface area contributed by atoms with Gasteiger partial charge in [0, 0.05) is 43.0 Å². The summed E-state index contributed by atoms with van der Waals surface area (Å²) in [6.45, 7) is 2.35. The van der Waals surface area contributed by atoms with Crippen molar-refractivity contribution in [1.29, 1.82) is 0 Å². The van der Waals surface area contributed by atoms with Gasteiger partial charge in [-0.2, -0.15) is 0 Å². The van der Waals surface area contributed by atoms with E-state index < -0.39 is 0 Å². The Morgan fingerprint density at radius 1 is 1.42 bits per heavy atom. The van der Waals surface area contributed by atoms with E-state index in [4.69, 9.17) is 0 Å². The maximum Gasteiger partial charge on any atom is 0.216 e. The summed E-state index contributed by atoms with van der Waals surface area (Å²) in [5.41, 5.74) is 4.21. The minimum absolute atomic E-state index is 0.0624. The van der Waals surface area contributed by atoms with Crippen molar-refractivity contribution in [2.75, 3.05) is 6.54 Å². The lowest BCUT2D eigenvalue weighted by Crippen LogP contribution is -2.28. The van der Waals surface area contributed by atoms with Gasteiger partial charge in [-0.3, -0.25) is 4.79 Å². The number of hydrogen-bond donors (Lipinski definition) is 1. The molecular formula is C16H20N2O. The number of carbonyl (C=O) groups excluding carboxylic acids is 1. The zero-order valence-electron chi connectivity index (χ0n) is 11.6. The normalized spacial score (nSPS) is 18.3. The number of para-hydroxylation sites is 1. The minimum Gasteiger partial charge on any atom is -0.356 e. The van der Waals surface area contributed by atoms with Crippen LogP contribution in [0.25, 0.3) is 10.9 Å². The van der Waals surface area contributed by atoms with Crippen LogP contribution in [0.15, 0.2) is 24.3 Å². The fourth-order valence-corrected chi connectivity index (χ4v) is 3.36. The van der Waals surface area contributed by atoms with E-state index in [1.54, 1.807) is 6.92 Å². The van der Waals surface area contributed by atoms with Crippen LogP contribution in [-0.2, 0) is 18.3 Å². The largest absolute Gasteiger partial charge is 0.356 e. The topological polar surface area (TPSA) is 34.0 Å². The molecule has 19 heavy (non-hydrogen) atoms. The van der Waals surface area contributed by atoms with Crippen LogP contribution in [0.5, 0.6) is 0 Å². The van der Waals surface area contributed by atoms with Gasteiger partial charge in [0.15, 0.2) is 0 Å². The third kappa shape index (κ3) is 2.03. The molecule has 1 aromatic heterocycles. The average Bonchev–Trinajstić information content (AvgIpc) is 2.71. The summed E-state index contributed by atoms with van der Waals surface area (Å²) in [6.07, 6.45) is 3.53. The van der Waals surface area contributed by atoms with Gasteiger partial charge in [-0.1, -0.05) is 18.2 Å².